The van der Waals surface area contributed by atoms with Gasteiger partial charge in [0.15, 0.2) is 0 Å². The number of hydrogen-bond donors (Lipinski definition) is 1. The maximum Gasteiger partial charge on any atom is 0.348 e. The van der Waals surface area contributed by atoms with Gasteiger partial charge in [-0.25, -0.2) is 14.2 Å². The summed E-state index contributed by atoms with van der Waals surface area (Å²) < 4.78 is 7.44. The first-order valence-corrected chi connectivity index (χ1v) is 10.7. The van der Waals surface area contributed by atoms with Gasteiger partial charge in [-0.1, -0.05) is 30.3 Å². The quantitative estimate of drug-likeness (QED) is 0.562. The molecule has 0 bridgehead atoms. The van der Waals surface area contributed by atoms with Gasteiger partial charge in [-0.2, -0.15) is 0 Å². The fourth-order valence-corrected chi connectivity index (χ4v) is 4.64. The molecule has 2 N–H and O–H groups in total. The second kappa shape index (κ2) is 8.50. The third kappa shape index (κ3) is 3.93. The van der Waals surface area contributed by atoms with E-state index in [0.29, 0.717) is 16.8 Å². The number of primary amides is 1. The highest BCUT2D eigenvalue weighted by Gasteiger charge is 2.34. The molecule has 3 rings (SSSR count). The van der Waals surface area contributed by atoms with Crippen molar-refractivity contribution in [2.75, 3.05) is 6.61 Å². The highest BCUT2D eigenvalue weighted by molar-refractivity contribution is 7.20. The minimum absolute atomic E-state index is 0.187. The molecule has 0 saturated heterocycles. The molecule has 0 aliphatic carbocycles. The summed E-state index contributed by atoms with van der Waals surface area (Å²) in [7, 11) is 0. The standard InChI is InChI=1S/C22H25N3O5S/c1-5-30-19(27)16-13(2)15-17(26)25(22(3,4)20(23)28)21(29)24(18(15)31-16)12-11-14-9-7-6-8-10-14/h6-10H,5,11-12H2,1-4H3,(H2,23,28). The number of hydrogen-bond acceptors (Lipinski definition) is 6. The van der Waals surface area contributed by atoms with Gasteiger partial charge in [-0.05, 0) is 45.2 Å². The topological polar surface area (TPSA) is 113 Å². The number of carbonyl (C=O) groups excluding carboxylic acids is 2. The number of aryl methyl sites for hydroxylation is 3. The zero-order valence-corrected chi connectivity index (χ0v) is 18.7. The van der Waals surface area contributed by atoms with Gasteiger partial charge in [-0.15, -0.1) is 11.3 Å². The van der Waals surface area contributed by atoms with E-state index >= 15 is 0 Å². The largest absolute Gasteiger partial charge is 0.462 e. The Morgan fingerprint density at radius 3 is 2.39 bits per heavy atom. The summed E-state index contributed by atoms with van der Waals surface area (Å²) in [5.74, 6) is -1.36. The molecule has 3 aromatic rings. The number of thiophene rings is 1. The number of aromatic nitrogens is 2. The summed E-state index contributed by atoms with van der Waals surface area (Å²) in [5.41, 5.74) is 4.10. The van der Waals surface area contributed by atoms with Gasteiger partial charge >= 0.3 is 11.7 Å². The summed E-state index contributed by atoms with van der Waals surface area (Å²) >= 11 is 1.05. The molecular weight excluding hydrogens is 418 g/mol. The predicted octanol–water partition coefficient (Wildman–Crippen LogP) is 2.17. The first-order valence-electron chi connectivity index (χ1n) is 9.91. The van der Waals surface area contributed by atoms with Gasteiger partial charge in [0.2, 0.25) is 5.91 Å². The molecule has 8 nitrogen and oxygen atoms in total. The van der Waals surface area contributed by atoms with Crippen molar-refractivity contribution in [3.05, 3.63) is 67.2 Å². The number of fused-ring (bicyclic) bond motifs is 1. The second-order valence-corrected chi connectivity index (χ2v) is 8.69. The molecule has 1 amide bonds. The third-order valence-electron chi connectivity index (χ3n) is 5.30. The molecule has 0 fully saturated rings. The van der Waals surface area contributed by atoms with Gasteiger partial charge in [0.25, 0.3) is 5.56 Å². The molecule has 9 heteroatoms. The molecule has 0 radical (unpaired) electrons. The lowest BCUT2D eigenvalue weighted by atomic mass is 10.0. The minimum Gasteiger partial charge on any atom is -0.462 e. The Balaban J connectivity index is 2.32. The van der Waals surface area contributed by atoms with Crippen molar-refractivity contribution in [1.82, 2.24) is 9.13 Å². The second-order valence-electron chi connectivity index (χ2n) is 7.69. The zero-order valence-electron chi connectivity index (χ0n) is 17.9. The van der Waals surface area contributed by atoms with E-state index in [1.54, 1.807) is 13.8 Å². The Kier molecular flexibility index (Phi) is 6.17. The van der Waals surface area contributed by atoms with E-state index in [1.807, 2.05) is 30.3 Å². The van der Waals surface area contributed by atoms with Crippen LogP contribution in [0.15, 0.2) is 39.9 Å². The normalized spacial score (nSPS) is 11.6. The number of ether oxygens (including phenoxy) is 1. The van der Waals surface area contributed by atoms with E-state index in [0.717, 1.165) is 21.5 Å². The van der Waals surface area contributed by atoms with Crippen molar-refractivity contribution >= 4 is 33.4 Å². The van der Waals surface area contributed by atoms with Crippen LogP contribution in [0.5, 0.6) is 0 Å². The van der Waals surface area contributed by atoms with Crippen LogP contribution in [0.1, 0.15) is 41.6 Å². The smallest absolute Gasteiger partial charge is 0.348 e. The maximum absolute atomic E-state index is 13.4. The Labute approximate surface area is 182 Å². The van der Waals surface area contributed by atoms with Crippen molar-refractivity contribution in [1.29, 1.82) is 0 Å². The number of rotatable bonds is 7. The van der Waals surface area contributed by atoms with Crippen molar-refractivity contribution in [2.24, 2.45) is 5.73 Å². The summed E-state index contributed by atoms with van der Waals surface area (Å²) in [6.45, 7) is 6.64. The van der Waals surface area contributed by atoms with Crippen LogP contribution in [0, 0.1) is 6.92 Å². The Morgan fingerprint density at radius 1 is 1.16 bits per heavy atom. The van der Waals surface area contributed by atoms with Gasteiger partial charge < -0.3 is 10.5 Å². The summed E-state index contributed by atoms with van der Waals surface area (Å²) in [6.07, 6.45) is 0.525. The van der Waals surface area contributed by atoms with Crippen LogP contribution in [0.3, 0.4) is 0 Å². The lowest BCUT2D eigenvalue weighted by Crippen LogP contribution is -2.54. The number of amides is 1. The molecule has 0 atom stereocenters. The maximum atomic E-state index is 13.4. The van der Waals surface area contributed by atoms with E-state index in [4.69, 9.17) is 10.5 Å². The molecule has 2 aromatic heterocycles. The van der Waals surface area contributed by atoms with Crippen molar-refractivity contribution in [2.45, 2.75) is 46.2 Å². The predicted molar refractivity (Wildman–Crippen MR) is 120 cm³/mol. The van der Waals surface area contributed by atoms with Gasteiger partial charge in [-0.3, -0.25) is 14.2 Å². The molecule has 0 unspecified atom stereocenters. The number of carbonyl (C=O) groups is 2. The van der Waals surface area contributed by atoms with E-state index in [1.165, 1.54) is 18.4 Å². The van der Waals surface area contributed by atoms with Crippen LogP contribution < -0.4 is 17.0 Å². The number of esters is 1. The first-order chi connectivity index (χ1) is 14.6. The number of benzene rings is 1. The lowest BCUT2D eigenvalue weighted by molar-refractivity contribution is -0.125. The van der Waals surface area contributed by atoms with E-state index < -0.39 is 28.7 Å². The molecule has 0 spiro atoms. The fourth-order valence-electron chi connectivity index (χ4n) is 3.42. The highest BCUT2D eigenvalue weighted by Crippen LogP contribution is 2.29. The van der Waals surface area contributed by atoms with Crippen molar-refractivity contribution < 1.29 is 14.3 Å². The van der Waals surface area contributed by atoms with E-state index in [-0.39, 0.29) is 23.4 Å². The third-order valence-corrected chi connectivity index (χ3v) is 6.60. The van der Waals surface area contributed by atoms with Gasteiger partial charge in [0, 0.05) is 6.54 Å². The molecule has 1 aromatic carbocycles. The lowest BCUT2D eigenvalue weighted by Gasteiger charge is -2.24. The van der Waals surface area contributed by atoms with Gasteiger partial charge in [0.05, 0.1) is 12.0 Å². The molecular formula is C22H25N3O5S. The van der Waals surface area contributed by atoms with Crippen LogP contribution in [-0.2, 0) is 28.0 Å². The van der Waals surface area contributed by atoms with Crippen LogP contribution in [-0.4, -0.2) is 27.6 Å². The number of nitrogens with two attached hydrogens (primary N) is 1. The highest BCUT2D eigenvalue weighted by atomic mass is 32.1. The summed E-state index contributed by atoms with van der Waals surface area (Å²) in [6, 6.07) is 9.58. The van der Waals surface area contributed by atoms with Crippen LogP contribution in [0.25, 0.3) is 10.2 Å². The average Bonchev–Trinajstić information content (AvgIpc) is 3.06. The minimum atomic E-state index is -1.55. The zero-order chi connectivity index (χ0) is 22.9. The molecule has 164 valence electrons. The van der Waals surface area contributed by atoms with Crippen LogP contribution >= 0.6 is 11.3 Å². The van der Waals surface area contributed by atoms with Crippen molar-refractivity contribution in [3.8, 4) is 0 Å². The molecule has 0 saturated carbocycles. The first kappa shape index (κ1) is 22.5. The Morgan fingerprint density at radius 2 is 1.81 bits per heavy atom. The molecule has 0 aliphatic heterocycles. The Bertz CT molecular complexity index is 1270. The molecule has 31 heavy (non-hydrogen) atoms. The van der Waals surface area contributed by atoms with Gasteiger partial charge in [0.1, 0.15) is 15.2 Å². The molecule has 2 heterocycles. The van der Waals surface area contributed by atoms with Crippen LogP contribution in [0.2, 0.25) is 0 Å². The van der Waals surface area contributed by atoms with E-state index in [2.05, 4.69) is 0 Å². The Hall–Kier alpha value is -3.20. The monoisotopic (exact) mass is 443 g/mol. The summed E-state index contributed by atoms with van der Waals surface area (Å²) in [5, 5.41) is 0.218. The van der Waals surface area contributed by atoms with Crippen molar-refractivity contribution in [3.63, 3.8) is 0 Å². The summed E-state index contributed by atoms with van der Waals surface area (Å²) in [4.78, 5) is 51.9. The SMILES string of the molecule is CCOC(=O)c1sc2c(c1C)c(=O)n(C(C)(C)C(N)=O)c(=O)n2CCc1ccccc1. The van der Waals surface area contributed by atoms with E-state index in [9.17, 15) is 19.2 Å². The van der Waals surface area contributed by atoms with Crippen LogP contribution in [0.4, 0.5) is 0 Å². The number of nitrogens with zero attached hydrogens (tertiary/aromatic N) is 2. The molecule has 0 aliphatic rings. The average molecular weight is 444 g/mol. The fraction of sp³-hybridized carbons (Fsp3) is 0.364.